The summed E-state index contributed by atoms with van der Waals surface area (Å²) in [7, 11) is 0. The Hall–Kier alpha value is -1.25. The van der Waals surface area contributed by atoms with Gasteiger partial charge in [0.15, 0.2) is 0 Å². The number of hydrogen-bond acceptors (Lipinski definition) is 3. The predicted molar refractivity (Wildman–Crippen MR) is 34.5 cm³/mol. The molecule has 0 aromatic carbocycles. The van der Waals surface area contributed by atoms with Crippen LogP contribution in [0.5, 0.6) is 0 Å². The maximum Gasteiger partial charge on any atom is 0.332 e. The van der Waals surface area contributed by atoms with Gasteiger partial charge in [0.1, 0.15) is 6.61 Å². The van der Waals surface area contributed by atoms with Gasteiger partial charge >= 0.3 is 5.97 Å². The van der Waals surface area contributed by atoms with Crippen molar-refractivity contribution in [1.82, 2.24) is 0 Å². The van der Waals surface area contributed by atoms with E-state index in [1.165, 1.54) is 6.08 Å². The van der Waals surface area contributed by atoms with E-state index in [0.717, 1.165) is 12.3 Å². The molecule has 0 radical (unpaired) electrons. The molecule has 50 valence electrons. The van der Waals surface area contributed by atoms with E-state index >= 15 is 0 Å². The Morgan fingerprint density at radius 3 is 2.89 bits per heavy atom. The minimum Gasteiger partial charge on any atom is -0.458 e. The molecule has 9 heavy (non-hydrogen) atoms. The maximum absolute atomic E-state index is 10.4. The second kappa shape index (κ2) is 4.90. The summed E-state index contributed by atoms with van der Waals surface area (Å²) < 4.78 is 4.51. The first-order chi connectivity index (χ1) is 4.31. The average Bonchev–Trinajstić information content (AvgIpc) is 1.85. The van der Waals surface area contributed by atoms with E-state index in [2.05, 4.69) is 11.3 Å². The van der Waals surface area contributed by atoms with Gasteiger partial charge in [0, 0.05) is 12.3 Å². The molecule has 0 bridgehead atoms. The monoisotopic (exact) mass is 127 g/mol. The van der Waals surface area contributed by atoms with E-state index in [1.807, 2.05) is 0 Å². The lowest BCUT2D eigenvalue weighted by atomic mass is 10.6. The molecule has 0 amide bonds. The number of carbonyl (C=O) groups excluding carboxylic acids is 1. The zero-order valence-electron chi connectivity index (χ0n) is 5.04. The van der Waals surface area contributed by atoms with Crippen molar-refractivity contribution in [3.05, 3.63) is 24.9 Å². The van der Waals surface area contributed by atoms with Crippen LogP contribution in [-0.2, 0) is 9.53 Å². The fourth-order valence-electron chi connectivity index (χ4n) is 0.268. The molecular formula is C6H9NO2. The molecule has 0 saturated heterocycles. The molecular weight excluding hydrogens is 118 g/mol. The van der Waals surface area contributed by atoms with Gasteiger partial charge in [-0.2, -0.15) is 0 Å². The van der Waals surface area contributed by atoms with Crippen molar-refractivity contribution < 1.29 is 9.53 Å². The molecule has 0 rings (SSSR count). The molecule has 0 atom stereocenters. The Morgan fingerprint density at radius 2 is 2.44 bits per heavy atom. The van der Waals surface area contributed by atoms with E-state index in [4.69, 9.17) is 5.73 Å². The van der Waals surface area contributed by atoms with Gasteiger partial charge in [-0.3, -0.25) is 0 Å². The second-order valence-corrected chi connectivity index (χ2v) is 1.28. The van der Waals surface area contributed by atoms with Crippen LogP contribution in [0.25, 0.3) is 0 Å². The summed E-state index contributed by atoms with van der Waals surface area (Å²) in [5.41, 5.74) is 4.89. The summed E-state index contributed by atoms with van der Waals surface area (Å²) in [5.74, 6) is -0.447. The minimum absolute atomic E-state index is 0.225. The molecule has 0 aliphatic carbocycles. The average molecular weight is 127 g/mol. The SMILES string of the molecule is C=CCOC(=O)/C=C/N. The van der Waals surface area contributed by atoms with Crippen LogP contribution < -0.4 is 5.73 Å². The Bertz CT molecular complexity index is 129. The van der Waals surface area contributed by atoms with Crippen molar-refractivity contribution in [1.29, 1.82) is 0 Å². The fourth-order valence-corrected chi connectivity index (χ4v) is 0.268. The molecule has 2 N–H and O–H groups in total. The lowest BCUT2D eigenvalue weighted by Crippen LogP contribution is -2.00. The van der Waals surface area contributed by atoms with Crippen LogP contribution in [0.15, 0.2) is 24.9 Å². The standard InChI is InChI=1S/C6H9NO2/c1-2-5-9-6(8)3-4-7/h2-4H,1,5,7H2/b4-3+. The highest BCUT2D eigenvalue weighted by Gasteiger charge is 1.89. The third-order valence-electron chi connectivity index (χ3n) is 0.576. The Kier molecular flexibility index (Phi) is 4.22. The van der Waals surface area contributed by atoms with Crippen LogP contribution in [-0.4, -0.2) is 12.6 Å². The summed E-state index contributed by atoms with van der Waals surface area (Å²) >= 11 is 0. The first-order valence-corrected chi connectivity index (χ1v) is 2.47. The molecule has 0 heterocycles. The van der Waals surface area contributed by atoms with Crippen LogP contribution in [0.3, 0.4) is 0 Å². The molecule has 0 aliphatic heterocycles. The lowest BCUT2D eigenvalue weighted by molar-refractivity contribution is -0.136. The van der Waals surface area contributed by atoms with E-state index in [0.29, 0.717) is 0 Å². The van der Waals surface area contributed by atoms with Crippen molar-refractivity contribution in [2.24, 2.45) is 5.73 Å². The van der Waals surface area contributed by atoms with Crippen LogP contribution in [0.1, 0.15) is 0 Å². The first-order valence-electron chi connectivity index (χ1n) is 2.47. The Labute approximate surface area is 53.8 Å². The minimum atomic E-state index is -0.447. The molecule has 0 unspecified atom stereocenters. The number of ether oxygens (including phenoxy) is 1. The van der Waals surface area contributed by atoms with Gasteiger partial charge in [-0.05, 0) is 0 Å². The van der Waals surface area contributed by atoms with Gasteiger partial charge < -0.3 is 10.5 Å². The van der Waals surface area contributed by atoms with Crippen LogP contribution in [0, 0.1) is 0 Å². The molecule has 0 aromatic rings. The smallest absolute Gasteiger partial charge is 0.332 e. The van der Waals surface area contributed by atoms with Gasteiger partial charge in [0.25, 0.3) is 0 Å². The number of rotatable bonds is 3. The van der Waals surface area contributed by atoms with Gasteiger partial charge in [0.05, 0.1) is 0 Å². The van der Waals surface area contributed by atoms with Gasteiger partial charge in [-0.15, -0.1) is 0 Å². The zero-order chi connectivity index (χ0) is 7.11. The highest BCUT2D eigenvalue weighted by Crippen LogP contribution is 1.78. The lowest BCUT2D eigenvalue weighted by Gasteiger charge is -1.92. The largest absolute Gasteiger partial charge is 0.458 e. The maximum atomic E-state index is 10.4. The van der Waals surface area contributed by atoms with E-state index in [1.54, 1.807) is 0 Å². The number of carbonyl (C=O) groups is 1. The zero-order valence-corrected chi connectivity index (χ0v) is 5.04. The normalized spacial score (nSPS) is 9.33. The van der Waals surface area contributed by atoms with Crippen molar-refractivity contribution in [2.45, 2.75) is 0 Å². The first kappa shape index (κ1) is 7.75. The fraction of sp³-hybridized carbons (Fsp3) is 0.167. The Morgan fingerprint density at radius 1 is 1.78 bits per heavy atom. The molecule has 0 aromatic heterocycles. The molecule has 0 spiro atoms. The summed E-state index contributed by atoms with van der Waals surface area (Å²) in [5, 5.41) is 0. The molecule has 3 nitrogen and oxygen atoms in total. The summed E-state index contributed by atoms with van der Waals surface area (Å²) in [6.07, 6.45) is 3.76. The third kappa shape index (κ3) is 4.61. The summed E-state index contributed by atoms with van der Waals surface area (Å²) in [6.45, 7) is 3.59. The molecule has 0 fully saturated rings. The van der Waals surface area contributed by atoms with Crippen LogP contribution in [0.4, 0.5) is 0 Å². The van der Waals surface area contributed by atoms with Crippen LogP contribution in [0.2, 0.25) is 0 Å². The van der Waals surface area contributed by atoms with E-state index < -0.39 is 5.97 Å². The highest BCUT2D eigenvalue weighted by atomic mass is 16.5. The highest BCUT2D eigenvalue weighted by molar-refractivity contribution is 5.81. The molecule has 0 aliphatic rings. The van der Waals surface area contributed by atoms with Gasteiger partial charge in [-0.25, -0.2) is 4.79 Å². The third-order valence-corrected chi connectivity index (χ3v) is 0.576. The van der Waals surface area contributed by atoms with Gasteiger partial charge in [-0.1, -0.05) is 12.7 Å². The number of esters is 1. The number of nitrogens with two attached hydrogens (primary N) is 1. The number of hydrogen-bond donors (Lipinski definition) is 1. The second-order valence-electron chi connectivity index (χ2n) is 1.28. The molecule has 0 saturated carbocycles. The summed E-state index contributed by atoms with van der Waals surface area (Å²) in [4.78, 5) is 10.4. The van der Waals surface area contributed by atoms with Crippen molar-refractivity contribution in [2.75, 3.05) is 6.61 Å². The van der Waals surface area contributed by atoms with E-state index in [-0.39, 0.29) is 6.61 Å². The predicted octanol–water partition coefficient (Wildman–Crippen LogP) is 0.188. The van der Waals surface area contributed by atoms with E-state index in [9.17, 15) is 4.79 Å². The van der Waals surface area contributed by atoms with Gasteiger partial charge in [0.2, 0.25) is 0 Å². The topological polar surface area (TPSA) is 52.3 Å². The molecule has 3 heteroatoms. The summed E-state index contributed by atoms with van der Waals surface area (Å²) in [6, 6.07) is 0. The Balaban J connectivity index is 3.38. The quantitative estimate of drug-likeness (QED) is 0.334. The van der Waals surface area contributed by atoms with Crippen molar-refractivity contribution in [3.63, 3.8) is 0 Å². The van der Waals surface area contributed by atoms with Crippen molar-refractivity contribution >= 4 is 5.97 Å². The van der Waals surface area contributed by atoms with Crippen molar-refractivity contribution in [3.8, 4) is 0 Å². The van der Waals surface area contributed by atoms with Crippen LogP contribution >= 0.6 is 0 Å².